The van der Waals surface area contributed by atoms with Crippen LogP contribution < -0.4 is 5.73 Å². The van der Waals surface area contributed by atoms with Crippen molar-refractivity contribution in [1.82, 2.24) is 19.6 Å². The van der Waals surface area contributed by atoms with Crippen LogP contribution in [0.4, 0.5) is 0 Å². The van der Waals surface area contributed by atoms with E-state index < -0.39 is 0 Å². The Bertz CT molecular complexity index is 441. The summed E-state index contributed by atoms with van der Waals surface area (Å²) in [5, 5.41) is 4.09. The van der Waals surface area contributed by atoms with E-state index in [1.807, 2.05) is 0 Å². The minimum absolute atomic E-state index is 0.268. The first-order valence-corrected chi connectivity index (χ1v) is 5.93. The summed E-state index contributed by atoms with van der Waals surface area (Å²) < 4.78 is 3.95. The van der Waals surface area contributed by atoms with E-state index in [4.69, 9.17) is 5.73 Å². The largest absolute Gasteiger partial charge is 0.318 e. The van der Waals surface area contributed by atoms with Gasteiger partial charge in [-0.15, -0.1) is 5.10 Å². The van der Waals surface area contributed by atoms with Gasteiger partial charge >= 0.3 is 0 Å². The van der Waals surface area contributed by atoms with Crippen LogP contribution in [0, 0.1) is 0 Å². The van der Waals surface area contributed by atoms with E-state index in [0.29, 0.717) is 0 Å². The molecule has 0 aliphatic heterocycles. The summed E-state index contributed by atoms with van der Waals surface area (Å²) in [6.07, 6.45) is 6.89. The van der Waals surface area contributed by atoms with Crippen LogP contribution in [0.15, 0.2) is 18.6 Å². The predicted molar refractivity (Wildman–Crippen MR) is 62.0 cm³/mol. The molecule has 0 aliphatic rings. The topological polar surface area (TPSA) is 77.6 Å². The molecular formula is C10H13N5S. The summed E-state index contributed by atoms with van der Waals surface area (Å²) in [5.41, 5.74) is 7.85. The lowest BCUT2D eigenvalue weighted by atomic mass is 10.1. The van der Waals surface area contributed by atoms with Gasteiger partial charge in [-0.25, -0.2) is 0 Å². The van der Waals surface area contributed by atoms with E-state index in [-0.39, 0.29) is 6.04 Å². The molecule has 16 heavy (non-hydrogen) atoms. The van der Waals surface area contributed by atoms with E-state index in [0.717, 1.165) is 29.1 Å². The monoisotopic (exact) mass is 235 g/mol. The first kappa shape index (κ1) is 11.1. The van der Waals surface area contributed by atoms with E-state index in [1.54, 1.807) is 18.6 Å². The standard InChI is InChI=1S/C10H13N5S/c1-2-3-7-10(16-15-14-7)9(11)8-6-12-4-5-13-8/h4-6,9H,2-3,11H2,1H3. The van der Waals surface area contributed by atoms with Crippen LogP contribution >= 0.6 is 11.5 Å². The number of rotatable bonds is 4. The van der Waals surface area contributed by atoms with Crippen LogP contribution in [0.25, 0.3) is 0 Å². The van der Waals surface area contributed by atoms with Crippen molar-refractivity contribution in [2.24, 2.45) is 5.73 Å². The Labute approximate surface area is 97.9 Å². The molecule has 6 heteroatoms. The summed E-state index contributed by atoms with van der Waals surface area (Å²) >= 11 is 1.34. The molecule has 0 amide bonds. The molecule has 0 fully saturated rings. The maximum absolute atomic E-state index is 6.12. The highest BCUT2D eigenvalue weighted by molar-refractivity contribution is 7.05. The second kappa shape index (κ2) is 5.09. The molecule has 1 unspecified atom stereocenters. The van der Waals surface area contributed by atoms with Gasteiger partial charge < -0.3 is 5.73 Å². The average Bonchev–Trinajstić information content (AvgIpc) is 2.78. The van der Waals surface area contributed by atoms with E-state index in [9.17, 15) is 0 Å². The molecule has 1 atom stereocenters. The maximum atomic E-state index is 6.12. The summed E-state index contributed by atoms with van der Waals surface area (Å²) in [5.74, 6) is 0. The summed E-state index contributed by atoms with van der Waals surface area (Å²) in [7, 11) is 0. The summed E-state index contributed by atoms with van der Waals surface area (Å²) in [6, 6.07) is -0.268. The molecule has 0 saturated carbocycles. The highest BCUT2D eigenvalue weighted by Crippen LogP contribution is 2.23. The van der Waals surface area contributed by atoms with E-state index in [1.165, 1.54) is 11.5 Å². The first-order valence-electron chi connectivity index (χ1n) is 5.15. The summed E-state index contributed by atoms with van der Waals surface area (Å²) in [6.45, 7) is 2.11. The van der Waals surface area contributed by atoms with Crippen LogP contribution in [-0.2, 0) is 6.42 Å². The quantitative estimate of drug-likeness (QED) is 0.865. The number of hydrogen-bond donors (Lipinski definition) is 1. The first-order chi connectivity index (χ1) is 7.83. The molecule has 2 aromatic rings. The Morgan fingerprint density at radius 3 is 3.00 bits per heavy atom. The molecule has 84 valence electrons. The van der Waals surface area contributed by atoms with Gasteiger partial charge in [-0.2, -0.15) is 0 Å². The zero-order valence-electron chi connectivity index (χ0n) is 9.00. The lowest BCUT2D eigenvalue weighted by Gasteiger charge is -2.08. The third kappa shape index (κ3) is 2.23. The molecule has 5 nitrogen and oxygen atoms in total. The average molecular weight is 235 g/mol. The second-order valence-corrected chi connectivity index (χ2v) is 4.23. The van der Waals surface area contributed by atoms with Crippen LogP contribution in [0.5, 0.6) is 0 Å². The lowest BCUT2D eigenvalue weighted by Crippen LogP contribution is -2.14. The SMILES string of the molecule is CCCc1nnsc1C(N)c1cnccn1. The molecule has 0 aliphatic carbocycles. The van der Waals surface area contributed by atoms with Gasteiger partial charge in [0, 0.05) is 12.4 Å². The van der Waals surface area contributed by atoms with Gasteiger partial charge in [-0.05, 0) is 18.0 Å². The van der Waals surface area contributed by atoms with Gasteiger partial charge in [0.05, 0.1) is 28.5 Å². The van der Waals surface area contributed by atoms with Crippen molar-refractivity contribution in [3.05, 3.63) is 34.9 Å². The molecule has 2 heterocycles. The van der Waals surface area contributed by atoms with Crippen molar-refractivity contribution in [2.75, 3.05) is 0 Å². The minimum Gasteiger partial charge on any atom is -0.318 e. The van der Waals surface area contributed by atoms with Crippen molar-refractivity contribution in [3.8, 4) is 0 Å². The van der Waals surface area contributed by atoms with Crippen LogP contribution in [0.1, 0.15) is 35.7 Å². The third-order valence-electron chi connectivity index (χ3n) is 2.26. The van der Waals surface area contributed by atoms with E-state index in [2.05, 4.69) is 26.5 Å². The molecule has 0 saturated heterocycles. The number of nitrogens with two attached hydrogens (primary N) is 1. The number of aromatic nitrogens is 4. The fourth-order valence-electron chi connectivity index (χ4n) is 1.47. The van der Waals surface area contributed by atoms with Crippen LogP contribution in [0.2, 0.25) is 0 Å². The Balaban J connectivity index is 2.27. The number of hydrogen-bond acceptors (Lipinski definition) is 6. The molecule has 0 aromatic carbocycles. The van der Waals surface area contributed by atoms with Gasteiger partial charge in [-0.1, -0.05) is 17.8 Å². The molecule has 0 radical (unpaired) electrons. The van der Waals surface area contributed by atoms with Crippen molar-refractivity contribution in [2.45, 2.75) is 25.8 Å². The van der Waals surface area contributed by atoms with Crippen molar-refractivity contribution in [1.29, 1.82) is 0 Å². The molecule has 0 bridgehead atoms. The lowest BCUT2D eigenvalue weighted by molar-refractivity contribution is 0.789. The number of nitrogens with zero attached hydrogens (tertiary/aromatic N) is 4. The van der Waals surface area contributed by atoms with Crippen molar-refractivity contribution < 1.29 is 0 Å². The highest BCUT2D eigenvalue weighted by atomic mass is 32.1. The zero-order valence-corrected chi connectivity index (χ0v) is 9.81. The smallest absolute Gasteiger partial charge is 0.0871 e. The zero-order chi connectivity index (χ0) is 11.4. The maximum Gasteiger partial charge on any atom is 0.0871 e. The normalized spacial score (nSPS) is 12.6. The molecule has 2 N–H and O–H groups in total. The fraction of sp³-hybridized carbons (Fsp3) is 0.400. The van der Waals surface area contributed by atoms with Gasteiger partial charge in [0.2, 0.25) is 0 Å². The molecular weight excluding hydrogens is 222 g/mol. The van der Waals surface area contributed by atoms with Crippen molar-refractivity contribution >= 4 is 11.5 Å². The van der Waals surface area contributed by atoms with Crippen molar-refractivity contribution in [3.63, 3.8) is 0 Å². The van der Waals surface area contributed by atoms with Gasteiger partial charge in [0.15, 0.2) is 0 Å². The predicted octanol–water partition coefficient (Wildman–Crippen LogP) is 1.33. The fourth-order valence-corrected chi connectivity index (χ4v) is 2.18. The van der Waals surface area contributed by atoms with Crippen LogP contribution in [0.3, 0.4) is 0 Å². The Hall–Kier alpha value is -1.40. The Morgan fingerprint density at radius 2 is 2.31 bits per heavy atom. The molecule has 2 aromatic heterocycles. The van der Waals surface area contributed by atoms with Gasteiger partial charge in [-0.3, -0.25) is 9.97 Å². The Morgan fingerprint density at radius 1 is 1.44 bits per heavy atom. The Kier molecular flexibility index (Phi) is 3.53. The summed E-state index contributed by atoms with van der Waals surface area (Å²) in [4.78, 5) is 9.20. The van der Waals surface area contributed by atoms with Crippen LogP contribution in [-0.4, -0.2) is 19.6 Å². The minimum atomic E-state index is -0.268. The number of aryl methyl sites for hydroxylation is 1. The second-order valence-electron chi connectivity index (χ2n) is 3.44. The molecule has 0 spiro atoms. The van der Waals surface area contributed by atoms with Gasteiger partial charge in [0.25, 0.3) is 0 Å². The van der Waals surface area contributed by atoms with Gasteiger partial charge in [0.1, 0.15) is 0 Å². The molecule has 2 rings (SSSR count). The third-order valence-corrected chi connectivity index (χ3v) is 3.11. The van der Waals surface area contributed by atoms with E-state index >= 15 is 0 Å². The highest BCUT2D eigenvalue weighted by Gasteiger charge is 2.17.